The standard InChI is InChI=1S/C13H20N6S/c1-4-14-13-17-11-10(15-7-16-11)12(18-13)19-5-6-20-9(3)8(19)2/h7-9H,4-6H2,1-3H3,(H2,14,15,16,17,18). The highest BCUT2D eigenvalue weighted by Crippen LogP contribution is 2.31. The Balaban J connectivity index is 2.06. The van der Waals surface area contributed by atoms with Gasteiger partial charge in [-0.15, -0.1) is 0 Å². The number of fused-ring (bicyclic) bond motifs is 1. The smallest absolute Gasteiger partial charge is 0.226 e. The molecule has 2 N–H and O–H groups in total. The van der Waals surface area contributed by atoms with Gasteiger partial charge in [-0.25, -0.2) is 4.98 Å². The topological polar surface area (TPSA) is 69.7 Å². The summed E-state index contributed by atoms with van der Waals surface area (Å²) in [5.41, 5.74) is 1.65. The number of hydrogen-bond acceptors (Lipinski definition) is 6. The summed E-state index contributed by atoms with van der Waals surface area (Å²) in [7, 11) is 0. The van der Waals surface area contributed by atoms with Gasteiger partial charge >= 0.3 is 0 Å². The lowest BCUT2D eigenvalue weighted by molar-refractivity contribution is 0.622. The van der Waals surface area contributed by atoms with E-state index >= 15 is 0 Å². The fourth-order valence-corrected chi connectivity index (χ4v) is 3.59. The maximum absolute atomic E-state index is 4.69. The Hall–Kier alpha value is -1.50. The van der Waals surface area contributed by atoms with Gasteiger partial charge in [-0.3, -0.25) is 0 Å². The fraction of sp³-hybridized carbons (Fsp3) is 0.615. The van der Waals surface area contributed by atoms with E-state index in [1.54, 1.807) is 6.33 Å². The van der Waals surface area contributed by atoms with Gasteiger partial charge < -0.3 is 15.2 Å². The summed E-state index contributed by atoms with van der Waals surface area (Å²) in [4.78, 5) is 18.9. The van der Waals surface area contributed by atoms with Gasteiger partial charge in [-0.1, -0.05) is 6.92 Å². The Kier molecular flexibility index (Phi) is 3.69. The van der Waals surface area contributed by atoms with Crippen molar-refractivity contribution in [2.45, 2.75) is 32.1 Å². The lowest BCUT2D eigenvalue weighted by atomic mass is 10.2. The molecule has 3 rings (SSSR count). The third kappa shape index (κ3) is 2.30. The van der Waals surface area contributed by atoms with Crippen LogP contribution < -0.4 is 10.2 Å². The third-order valence-corrected chi connectivity index (χ3v) is 5.10. The number of rotatable bonds is 3. The van der Waals surface area contributed by atoms with Crippen LogP contribution in [-0.2, 0) is 0 Å². The van der Waals surface area contributed by atoms with Crippen molar-refractivity contribution in [3.8, 4) is 0 Å². The first-order valence-electron chi connectivity index (χ1n) is 7.04. The lowest BCUT2D eigenvalue weighted by Crippen LogP contribution is -2.45. The summed E-state index contributed by atoms with van der Waals surface area (Å²) in [6.45, 7) is 8.39. The number of anilines is 2. The van der Waals surface area contributed by atoms with E-state index in [1.807, 2.05) is 18.7 Å². The molecule has 0 amide bonds. The summed E-state index contributed by atoms with van der Waals surface area (Å²) in [6.07, 6.45) is 1.69. The average molecular weight is 292 g/mol. The summed E-state index contributed by atoms with van der Waals surface area (Å²) < 4.78 is 0. The monoisotopic (exact) mass is 292 g/mol. The van der Waals surface area contributed by atoms with Crippen LogP contribution in [0.2, 0.25) is 0 Å². The Morgan fingerprint density at radius 1 is 1.45 bits per heavy atom. The van der Waals surface area contributed by atoms with Crippen molar-refractivity contribution in [1.82, 2.24) is 19.9 Å². The van der Waals surface area contributed by atoms with E-state index in [0.29, 0.717) is 17.2 Å². The number of nitrogens with zero attached hydrogens (tertiary/aromatic N) is 4. The normalized spacial score (nSPS) is 23.2. The van der Waals surface area contributed by atoms with Gasteiger partial charge in [0.2, 0.25) is 5.95 Å². The minimum atomic E-state index is 0.449. The molecule has 1 aliphatic heterocycles. The van der Waals surface area contributed by atoms with E-state index in [-0.39, 0.29) is 0 Å². The van der Waals surface area contributed by atoms with Crippen LogP contribution in [0.15, 0.2) is 6.33 Å². The van der Waals surface area contributed by atoms with Gasteiger partial charge in [-0.05, 0) is 13.8 Å². The van der Waals surface area contributed by atoms with Gasteiger partial charge in [0.1, 0.15) is 5.52 Å². The van der Waals surface area contributed by atoms with Crippen molar-refractivity contribution in [2.24, 2.45) is 0 Å². The largest absolute Gasteiger partial charge is 0.354 e. The molecule has 2 aromatic heterocycles. The van der Waals surface area contributed by atoms with Crippen LogP contribution in [-0.4, -0.2) is 50.1 Å². The number of aromatic nitrogens is 4. The Morgan fingerprint density at radius 3 is 3.10 bits per heavy atom. The van der Waals surface area contributed by atoms with Crippen LogP contribution in [0.3, 0.4) is 0 Å². The molecule has 0 radical (unpaired) electrons. The molecule has 1 aliphatic rings. The highest BCUT2D eigenvalue weighted by molar-refractivity contribution is 8.00. The summed E-state index contributed by atoms with van der Waals surface area (Å²) >= 11 is 2.02. The minimum absolute atomic E-state index is 0.449. The average Bonchev–Trinajstić information content (AvgIpc) is 2.90. The first-order chi connectivity index (χ1) is 9.70. The highest BCUT2D eigenvalue weighted by Gasteiger charge is 2.28. The molecule has 0 saturated carbocycles. The number of H-pyrrole nitrogens is 1. The quantitative estimate of drug-likeness (QED) is 0.903. The van der Waals surface area contributed by atoms with E-state index in [9.17, 15) is 0 Å². The first kappa shape index (κ1) is 13.5. The van der Waals surface area contributed by atoms with Crippen LogP contribution in [0.25, 0.3) is 11.2 Å². The summed E-state index contributed by atoms with van der Waals surface area (Å²) in [6, 6.07) is 0.449. The van der Waals surface area contributed by atoms with Crippen molar-refractivity contribution >= 4 is 34.7 Å². The molecule has 1 saturated heterocycles. The number of nitrogens with one attached hydrogen (secondary N) is 2. The second kappa shape index (κ2) is 5.47. The van der Waals surface area contributed by atoms with Crippen molar-refractivity contribution in [3.63, 3.8) is 0 Å². The van der Waals surface area contributed by atoms with Gasteiger partial charge in [-0.2, -0.15) is 21.7 Å². The second-order valence-electron chi connectivity index (χ2n) is 5.01. The molecule has 7 heteroatoms. The number of aromatic amines is 1. The van der Waals surface area contributed by atoms with Gasteiger partial charge in [0.25, 0.3) is 0 Å². The summed E-state index contributed by atoms with van der Waals surface area (Å²) in [5.74, 6) is 2.74. The molecule has 0 spiro atoms. The van der Waals surface area contributed by atoms with Gasteiger partial charge in [0.05, 0.1) is 6.33 Å². The SMILES string of the molecule is CCNc1nc(N2CCSC(C)C2C)c2[nH]cnc2n1. The van der Waals surface area contributed by atoms with Crippen molar-refractivity contribution in [2.75, 3.05) is 29.1 Å². The zero-order valence-electron chi connectivity index (χ0n) is 12.1. The second-order valence-corrected chi connectivity index (χ2v) is 6.50. The summed E-state index contributed by atoms with van der Waals surface area (Å²) in [5, 5.41) is 3.78. The molecule has 20 heavy (non-hydrogen) atoms. The van der Waals surface area contributed by atoms with E-state index < -0.39 is 0 Å². The molecule has 1 fully saturated rings. The van der Waals surface area contributed by atoms with E-state index in [1.165, 1.54) is 0 Å². The van der Waals surface area contributed by atoms with Crippen molar-refractivity contribution in [1.29, 1.82) is 0 Å². The van der Waals surface area contributed by atoms with E-state index in [4.69, 9.17) is 4.98 Å². The molecule has 2 unspecified atom stereocenters. The molecule has 3 heterocycles. The third-order valence-electron chi connectivity index (χ3n) is 3.76. The van der Waals surface area contributed by atoms with Crippen LogP contribution in [0.4, 0.5) is 11.8 Å². The van der Waals surface area contributed by atoms with Gasteiger partial charge in [0.15, 0.2) is 11.5 Å². The molecule has 2 aromatic rings. The first-order valence-corrected chi connectivity index (χ1v) is 8.08. The maximum atomic E-state index is 4.69. The number of hydrogen-bond donors (Lipinski definition) is 2. The number of thioether (sulfide) groups is 1. The molecule has 2 atom stereocenters. The Morgan fingerprint density at radius 2 is 2.30 bits per heavy atom. The van der Waals surface area contributed by atoms with Crippen molar-refractivity contribution in [3.05, 3.63) is 6.33 Å². The molecule has 0 aromatic carbocycles. The van der Waals surface area contributed by atoms with Crippen LogP contribution >= 0.6 is 11.8 Å². The molecular formula is C13H20N6S. The zero-order valence-corrected chi connectivity index (χ0v) is 12.9. The van der Waals surface area contributed by atoms with Crippen molar-refractivity contribution < 1.29 is 0 Å². The highest BCUT2D eigenvalue weighted by atomic mass is 32.2. The van der Waals surface area contributed by atoms with Crippen LogP contribution in [0, 0.1) is 0 Å². The van der Waals surface area contributed by atoms with E-state index in [2.05, 4.69) is 39.0 Å². The maximum Gasteiger partial charge on any atom is 0.226 e. The molecule has 108 valence electrons. The molecular weight excluding hydrogens is 272 g/mol. The van der Waals surface area contributed by atoms with E-state index in [0.717, 1.165) is 35.8 Å². The molecule has 0 bridgehead atoms. The lowest BCUT2D eigenvalue weighted by Gasteiger charge is -2.38. The van der Waals surface area contributed by atoms with Crippen LogP contribution in [0.5, 0.6) is 0 Å². The Bertz CT molecular complexity index is 598. The van der Waals surface area contributed by atoms with Gasteiger partial charge in [0, 0.05) is 30.1 Å². The van der Waals surface area contributed by atoms with Crippen LogP contribution in [0.1, 0.15) is 20.8 Å². The predicted octanol–water partition coefficient (Wildman–Crippen LogP) is 2.11. The Labute approximate surface area is 122 Å². The molecule has 6 nitrogen and oxygen atoms in total. The minimum Gasteiger partial charge on any atom is -0.354 e. The number of imidazole rings is 1. The fourth-order valence-electron chi connectivity index (χ4n) is 2.49. The zero-order chi connectivity index (χ0) is 14.1. The predicted molar refractivity (Wildman–Crippen MR) is 84.6 cm³/mol. The molecule has 0 aliphatic carbocycles.